The third kappa shape index (κ3) is 3.14. The van der Waals surface area contributed by atoms with E-state index < -0.39 is 18.4 Å². The molecule has 1 aromatic heterocycles. The Morgan fingerprint density at radius 1 is 1.39 bits per heavy atom. The zero-order valence-corrected chi connectivity index (χ0v) is 14.3. The normalized spacial score (nSPS) is 24.7. The summed E-state index contributed by atoms with van der Waals surface area (Å²) in [6, 6.07) is 3.60. The Morgan fingerprint density at radius 3 is 2.70 bits per heavy atom. The fraction of sp³-hybridized carbons (Fsp3) is 0.533. The molecule has 3 N–H and O–H groups in total. The monoisotopic (exact) mass is 359 g/mol. The molecule has 1 aromatic carbocycles. The third-order valence-corrected chi connectivity index (χ3v) is 4.54. The van der Waals surface area contributed by atoms with Gasteiger partial charge in [0.1, 0.15) is 12.3 Å². The Hall–Kier alpha value is -1.05. The van der Waals surface area contributed by atoms with Crippen molar-refractivity contribution in [2.45, 2.75) is 44.7 Å². The molecule has 0 aliphatic carbocycles. The molecular formula is C15H19Cl2N3O3. The van der Waals surface area contributed by atoms with E-state index in [2.05, 4.69) is 10.3 Å². The minimum Gasteiger partial charge on any atom is -0.394 e. The van der Waals surface area contributed by atoms with Crippen molar-refractivity contribution in [1.82, 2.24) is 9.55 Å². The molecule has 0 amide bonds. The SMILES string of the molecule is CC(C)Nc1nc2cc(Cl)c(Cl)cc2n1[C@H]1C[C@H](O)[C@@H](CO)O1. The van der Waals surface area contributed by atoms with Gasteiger partial charge in [-0.25, -0.2) is 4.98 Å². The van der Waals surface area contributed by atoms with Gasteiger partial charge in [-0.05, 0) is 26.0 Å². The average Bonchev–Trinajstić information content (AvgIpc) is 2.99. The molecule has 1 fully saturated rings. The van der Waals surface area contributed by atoms with E-state index in [4.69, 9.17) is 27.9 Å². The number of fused-ring (bicyclic) bond motifs is 1. The van der Waals surface area contributed by atoms with Crippen LogP contribution in [0.1, 0.15) is 26.5 Å². The van der Waals surface area contributed by atoms with E-state index in [1.807, 2.05) is 18.4 Å². The summed E-state index contributed by atoms with van der Waals surface area (Å²) >= 11 is 12.2. The molecule has 0 radical (unpaired) electrons. The first-order valence-corrected chi connectivity index (χ1v) is 8.24. The van der Waals surface area contributed by atoms with Crippen LogP contribution in [0.25, 0.3) is 11.0 Å². The lowest BCUT2D eigenvalue weighted by Gasteiger charge is -2.19. The van der Waals surface area contributed by atoms with Crippen molar-refractivity contribution in [1.29, 1.82) is 0 Å². The number of nitrogens with one attached hydrogen (secondary N) is 1. The summed E-state index contributed by atoms with van der Waals surface area (Å²) in [7, 11) is 0. The highest BCUT2D eigenvalue weighted by Crippen LogP contribution is 2.37. The second-order valence-electron chi connectivity index (χ2n) is 5.97. The first kappa shape index (κ1) is 16.8. The highest BCUT2D eigenvalue weighted by atomic mass is 35.5. The lowest BCUT2D eigenvalue weighted by atomic mass is 10.2. The molecule has 6 nitrogen and oxygen atoms in total. The number of halogens is 2. The van der Waals surface area contributed by atoms with Gasteiger partial charge in [-0.2, -0.15) is 0 Å². The molecule has 3 rings (SSSR count). The highest BCUT2D eigenvalue weighted by Gasteiger charge is 2.36. The van der Waals surface area contributed by atoms with Crippen molar-refractivity contribution in [3.05, 3.63) is 22.2 Å². The van der Waals surface area contributed by atoms with E-state index in [1.165, 1.54) is 0 Å². The van der Waals surface area contributed by atoms with E-state index in [1.54, 1.807) is 12.1 Å². The van der Waals surface area contributed by atoms with Crippen LogP contribution in [0.4, 0.5) is 5.95 Å². The van der Waals surface area contributed by atoms with Crippen LogP contribution in [0.3, 0.4) is 0 Å². The number of anilines is 1. The maximum Gasteiger partial charge on any atom is 0.206 e. The van der Waals surface area contributed by atoms with Gasteiger partial charge in [0, 0.05) is 12.5 Å². The second kappa shape index (κ2) is 6.45. The van der Waals surface area contributed by atoms with Crippen molar-refractivity contribution in [3.63, 3.8) is 0 Å². The fourth-order valence-corrected chi connectivity index (χ4v) is 3.10. The van der Waals surface area contributed by atoms with Gasteiger partial charge in [0.2, 0.25) is 5.95 Å². The minimum absolute atomic E-state index is 0.163. The van der Waals surface area contributed by atoms with Crippen LogP contribution in [0.5, 0.6) is 0 Å². The maximum atomic E-state index is 10.0. The van der Waals surface area contributed by atoms with Crippen LogP contribution in [0.15, 0.2) is 12.1 Å². The van der Waals surface area contributed by atoms with Crippen LogP contribution in [-0.4, -0.2) is 44.6 Å². The van der Waals surface area contributed by atoms with Crippen molar-refractivity contribution in [2.75, 3.05) is 11.9 Å². The summed E-state index contributed by atoms with van der Waals surface area (Å²) in [5.74, 6) is 0.615. The number of benzene rings is 1. The number of aromatic nitrogens is 2. The molecule has 0 saturated carbocycles. The second-order valence-corrected chi connectivity index (χ2v) is 6.79. The molecule has 1 aliphatic rings. The summed E-state index contributed by atoms with van der Waals surface area (Å²) < 4.78 is 7.63. The Labute approximate surface area is 144 Å². The number of ether oxygens (including phenoxy) is 1. The van der Waals surface area contributed by atoms with E-state index in [9.17, 15) is 10.2 Å². The largest absolute Gasteiger partial charge is 0.394 e. The molecule has 0 bridgehead atoms. The van der Waals surface area contributed by atoms with E-state index >= 15 is 0 Å². The topological polar surface area (TPSA) is 79.5 Å². The Balaban J connectivity index is 2.10. The molecule has 23 heavy (non-hydrogen) atoms. The van der Waals surface area contributed by atoms with Crippen LogP contribution >= 0.6 is 23.2 Å². The van der Waals surface area contributed by atoms with Crippen LogP contribution < -0.4 is 5.32 Å². The highest BCUT2D eigenvalue weighted by molar-refractivity contribution is 6.42. The first-order valence-electron chi connectivity index (χ1n) is 7.48. The van der Waals surface area contributed by atoms with Crippen LogP contribution in [0.2, 0.25) is 10.0 Å². The molecule has 126 valence electrons. The van der Waals surface area contributed by atoms with Crippen molar-refractivity contribution in [3.8, 4) is 0 Å². The zero-order valence-electron chi connectivity index (χ0n) is 12.8. The van der Waals surface area contributed by atoms with E-state index in [0.29, 0.717) is 27.9 Å². The van der Waals surface area contributed by atoms with Gasteiger partial charge >= 0.3 is 0 Å². The quantitative estimate of drug-likeness (QED) is 0.782. The lowest BCUT2D eigenvalue weighted by Crippen LogP contribution is -2.24. The Morgan fingerprint density at radius 2 is 2.09 bits per heavy atom. The predicted octanol–water partition coefficient (Wildman–Crippen LogP) is 2.80. The van der Waals surface area contributed by atoms with E-state index in [0.717, 1.165) is 5.52 Å². The number of hydrogen-bond acceptors (Lipinski definition) is 5. The smallest absolute Gasteiger partial charge is 0.206 e. The Bertz CT molecular complexity index is 720. The number of aliphatic hydroxyl groups is 2. The van der Waals surface area contributed by atoms with Gasteiger partial charge in [0.05, 0.1) is 33.8 Å². The Kier molecular flexibility index (Phi) is 4.71. The maximum absolute atomic E-state index is 10.0. The molecular weight excluding hydrogens is 341 g/mol. The number of rotatable bonds is 4. The first-order chi connectivity index (χ1) is 10.9. The molecule has 8 heteroatoms. The summed E-state index contributed by atoms with van der Waals surface area (Å²) in [6.07, 6.45) is -1.40. The summed E-state index contributed by atoms with van der Waals surface area (Å²) in [5, 5.41) is 23.4. The number of aliphatic hydroxyl groups excluding tert-OH is 2. The molecule has 0 unspecified atom stereocenters. The number of hydrogen-bond donors (Lipinski definition) is 3. The van der Waals surface area contributed by atoms with E-state index in [-0.39, 0.29) is 12.6 Å². The molecule has 1 saturated heterocycles. The summed E-state index contributed by atoms with van der Waals surface area (Å²) in [5.41, 5.74) is 1.45. The molecule has 2 aromatic rings. The standard InChI is InChI=1S/C15H19Cl2N3O3/c1-7(2)18-15-19-10-3-8(16)9(17)4-11(10)20(15)14-5-12(22)13(6-21)23-14/h3-4,7,12-14,21-22H,5-6H2,1-2H3,(H,18,19)/t12-,13+,14+/m0/s1. The van der Waals surface area contributed by atoms with Gasteiger partial charge in [0.15, 0.2) is 0 Å². The van der Waals surface area contributed by atoms with Gasteiger partial charge < -0.3 is 20.3 Å². The molecule has 2 heterocycles. The van der Waals surface area contributed by atoms with Crippen molar-refractivity contribution in [2.24, 2.45) is 0 Å². The minimum atomic E-state index is -0.725. The number of nitrogens with zero attached hydrogens (tertiary/aromatic N) is 2. The molecule has 1 aliphatic heterocycles. The molecule has 0 spiro atoms. The van der Waals surface area contributed by atoms with Gasteiger partial charge in [0.25, 0.3) is 0 Å². The zero-order chi connectivity index (χ0) is 16.7. The average molecular weight is 360 g/mol. The number of imidazole rings is 1. The lowest BCUT2D eigenvalue weighted by molar-refractivity contribution is -0.0424. The molecule has 3 atom stereocenters. The van der Waals surface area contributed by atoms with Gasteiger partial charge in [-0.3, -0.25) is 4.57 Å². The van der Waals surface area contributed by atoms with Gasteiger partial charge in [-0.1, -0.05) is 23.2 Å². The van der Waals surface area contributed by atoms with Crippen LogP contribution in [0, 0.1) is 0 Å². The van der Waals surface area contributed by atoms with Gasteiger partial charge in [-0.15, -0.1) is 0 Å². The van der Waals surface area contributed by atoms with Crippen molar-refractivity contribution >= 4 is 40.2 Å². The predicted molar refractivity (Wildman–Crippen MR) is 90.1 cm³/mol. The summed E-state index contributed by atoms with van der Waals surface area (Å²) in [6.45, 7) is 3.78. The van der Waals surface area contributed by atoms with Crippen LogP contribution in [-0.2, 0) is 4.74 Å². The fourth-order valence-electron chi connectivity index (χ4n) is 2.78. The summed E-state index contributed by atoms with van der Waals surface area (Å²) in [4.78, 5) is 4.56. The third-order valence-electron chi connectivity index (χ3n) is 3.82. The van der Waals surface area contributed by atoms with Crippen molar-refractivity contribution < 1.29 is 14.9 Å².